The molecule has 1 saturated heterocycles. The molecule has 4 heterocycles. The molecule has 10 nitrogen and oxygen atoms in total. The van der Waals surface area contributed by atoms with Gasteiger partial charge in [0, 0.05) is 48.8 Å². The molecule has 0 unspecified atom stereocenters. The lowest BCUT2D eigenvalue weighted by molar-refractivity contribution is 0.122. The molecule has 0 aliphatic carbocycles. The summed E-state index contributed by atoms with van der Waals surface area (Å²) >= 11 is 0. The van der Waals surface area contributed by atoms with Gasteiger partial charge in [0.15, 0.2) is 0 Å². The summed E-state index contributed by atoms with van der Waals surface area (Å²) in [5, 5.41) is 17.7. The molecule has 10 heteroatoms. The number of carbonyl (C=O) groups is 1. The quantitative estimate of drug-likeness (QED) is 0.414. The zero-order valence-electron chi connectivity index (χ0n) is 20.2. The Balaban J connectivity index is 1.30. The predicted octanol–water partition coefficient (Wildman–Crippen LogP) is 3.48. The highest BCUT2D eigenvalue weighted by Gasteiger charge is 2.14. The van der Waals surface area contributed by atoms with Crippen LogP contribution in [0.15, 0.2) is 24.3 Å². The van der Waals surface area contributed by atoms with E-state index in [1.54, 1.807) is 0 Å². The number of H-pyrrole nitrogens is 1. The van der Waals surface area contributed by atoms with Crippen LogP contribution in [0, 0.1) is 20.8 Å². The van der Waals surface area contributed by atoms with Crippen LogP contribution >= 0.6 is 0 Å². The molecule has 0 saturated carbocycles. The minimum Gasteiger partial charge on any atom is -0.378 e. The summed E-state index contributed by atoms with van der Waals surface area (Å²) < 4.78 is 6.94. The van der Waals surface area contributed by atoms with Gasteiger partial charge in [-0.15, -0.1) is 0 Å². The Bertz CT molecular complexity index is 1100. The van der Waals surface area contributed by atoms with Crippen molar-refractivity contribution in [2.24, 2.45) is 0 Å². The molecule has 0 atom stereocenters. The van der Waals surface area contributed by atoms with Gasteiger partial charge >= 0.3 is 6.03 Å². The average Bonchev–Trinajstić information content (AvgIpc) is 3.39. The highest BCUT2D eigenvalue weighted by atomic mass is 16.5. The van der Waals surface area contributed by atoms with Crippen molar-refractivity contribution in [2.45, 2.75) is 46.5 Å². The molecule has 3 N–H and O–H groups in total. The predicted molar refractivity (Wildman–Crippen MR) is 132 cm³/mol. The maximum Gasteiger partial charge on any atom is 0.342 e. The number of aryl methyl sites for hydroxylation is 4. The summed E-state index contributed by atoms with van der Waals surface area (Å²) in [4.78, 5) is 19.4. The Morgan fingerprint density at radius 1 is 1.06 bits per heavy atom. The minimum absolute atomic E-state index is 0.171. The van der Waals surface area contributed by atoms with E-state index < -0.39 is 0 Å². The topological polar surface area (TPSA) is 113 Å². The van der Waals surface area contributed by atoms with Gasteiger partial charge in [-0.3, -0.25) is 5.10 Å². The molecule has 182 valence electrons. The number of aromatic amines is 1. The first-order chi connectivity index (χ1) is 16.5. The van der Waals surface area contributed by atoms with E-state index in [-0.39, 0.29) is 6.03 Å². The molecule has 3 aromatic rings. The fourth-order valence-electron chi connectivity index (χ4n) is 4.10. The van der Waals surface area contributed by atoms with Crippen LogP contribution in [0.5, 0.6) is 0 Å². The van der Waals surface area contributed by atoms with Gasteiger partial charge in [-0.2, -0.15) is 14.9 Å². The normalized spacial score (nSPS) is 13.8. The van der Waals surface area contributed by atoms with Crippen molar-refractivity contribution in [3.05, 3.63) is 47.0 Å². The molecule has 0 spiro atoms. The fraction of sp³-hybridized carbons (Fsp3) is 0.500. The SMILES string of the molecule is Cc1cc(Nc2cc(N3CCOCC3)cc(CCCCCNC(=O)n3nc(C)cc3C)n2)[nH]n1. The van der Waals surface area contributed by atoms with Gasteiger partial charge in [0.25, 0.3) is 0 Å². The number of morpholine rings is 1. The largest absolute Gasteiger partial charge is 0.378 e. The van der Waals surface area contributed by atoms with Gasteiger partial charge in [0.2, 0.25) is 0 Å². The smallest absolute Gasteiger partial charge is 0.342 e. The second kappa shape index (κ2) is 11.1. The minimum atomic E-state index is -0.171. The van der Waals surface area contributed by atoms with Crippen molar-refractivity contribution in [1.82, 2.24) is 30.3 Å². The molecule has 0 radical (unpaired) electrons. The first-order valence-corrected chi connectivity index (χ1v) is 11.9. The van der Waals surface area contributed by atoms with Crippen molar-refractivity contribution in [3.8, 4) is 0 Å². The third kappa shape index (κ3) is 6.34. The third-order valence-corrected chi connectivity index (χ3v) is 5.80. The van der Waals surface area contributed by atoms with E-state index in [1.165, 1.54) is 4.68 Å². The summed E-state index contributed by atoms with van der Waals surface area (Å²) in [6.45, 7) is 9.58. The summed E-state index contributed by atoms with van der Waals surface area (Å²) in [7, 11) is 0. The van der Waals surface area contributed by atoms with Gasteiger partial charge in [-0.25, -0.2) is 9.78 Å². The third-order valence-electron chi connectivity index (χ3n) is 5.80. The van der Waals surface area contributed by atoms with E-state index in [2.05, 4.69) is 43.0 Å². The Kier molecular flexibility index (Phi) is 7.79. The highest BCUT2D eigenvalue weighted by molar-refractivity contribution is 5.76. The zero-order chi connectivity index (χ0) is 23.9. The number of nitrogens with one attached hydrogen (secondary N) is 3. The number of ether oxygens (including phenoxy) is 1. The van der Waals surface area contributed by atoms with Gasteiger partial charge in [-0.05, 0) is 52.2 Å². The second-order valence-corrected chi connectivity index (χ2v) is 8.73. The maximum atomic E-state index is 12.3. The van der Waals surface area contributed by atoms with Gasteiger partial charge in [-0.1, -0.05) is 6.42 Å². The van der Waals surface area contributed by atoms with E-state index in [1.807, 2.05) is 32.9 Å². The number of amides is 1. The monoisotopic (exact) mass is 466 g/mol. The number of anilines is 3. The number of hydrogen-bond donors (Lipinski definition) is 3. The number of carbonyl (C=O) groups excluding carboxylic acids is 1. The van der Waals surface area contributed by atoms with Gasteiger partial charge in [0.05, 0.1) is 24.6 Å². The van der Waals surface area contributed by atoms with Gasteiger partial charge in [0.1, 0.15) is 11.6 Å². The molecule has 1 amide bonds. The number of unbranched alkanes of at least 4 members (excludes halogenated alkanes) is 2. The van der Waals surface area contributed by atoms with E-state index in [0.29, 0.717) is 6.54 Å². The molecule has 1 aliphatic rings. The Hall–Kier alpha value is -3.40. The van der Waals surface area contributed by atoms with Crippen LogP contribution in [0.3, 0.4) is 0 Å². The van der Waals surface area contributed by atoms with Crippen LogP contribution in [0.1, 0.15) is 42.0 Å². The van der Waals surface area contributed by atoms with Crippen molar-refractivity contribution >= 4 is 23.4 Å². The van der Waals surface area contributed by atoms with E-state index >= 15 is 0 Å². The van der Waals surface area contributed by atoms with E-state index in [0.717, 1.165) is 92.1 Å². The number of pyridine rings is 1. The summed E-state index contributed by atoms with van der Waals surface area (Å²) in [6.07, 6.45) is 3.79. The fourth-order valence-corrected chi connectivity index (χ4v) is 4.10. The van der Waals surface area contributed by atoms with Crippen LogP contribution in [-0.2, 0) is 11.2 Å². The Labute approximate surface area is 200 Å². The lowest BCUT2D eigenvalue weighted by Gasteiger charge is -2.29. The van der Waals surface area contributed by atoms with Crippen molar-refractivity contribution in [2.75, 3.05) is 43.1 Å². The zero-order valence-corrected chi connectivity index (χ0v) is 20.2. The number of rotatable bonds is 9. The summed E-state index contributed by atoms with van der Waals surface area (Å²) in [6, 6.07) is 7.95. The Morgan fingerprint density at radius 2 is 1.88 bits per heavy atom. The van der Waals surface area contributed by atoms with Crippen LogP contribution in [-0.4, -0.2) is 63.8 Å². The molecule has 1 fully saturated rings. The molecule has 3 aromatic heterocycles. The summed E-state index contributed by atoms with van der Waals surface area (Å²) in [5.74, 6) is 1.63. The second-order valence-electron chi connectivity index (χ2n) is 8.73. The molecular formula is C24H34N8O2. The van der Waals surface area contributed by atoms with E-state index in [4.69, 9.17) is 9.72 Å². The molecule has 4 rings (SSSR count). The van der Waals surface area contributed by atoms with Crippen molar-refractivity contribution < 1.29 is 9.53 Å². The van der Waals surface area contributed by atoms with Crippen LogP contribution < -0.4 is 15.5 Å². The molecule has 1 aliphatic heterocycles. The molecule has 0 bridgehead atoms. The first kappa shape index (κ1) is 23.7. The van der Waals surface area contributed by atoms with Crippen LogP contribution in [0.4, 0.5) is 22.1 Å². The lowest BCUT2D eigenvalue weighted by Crippen LogP contribution is -2.36. The van der Waals surface area contributed by atoms with Crippen molar-refractivity contribution in [3.63, 3.8) is 0 Å². The lowest BCUT2D eigenvalue weighted by atomic mass is 10.1. The van der Waals surface area contributed by atoms with E-state index in [9.17, 15) is 4.79 Å². The Morgan fingerprint density at radius 3 is 2.59 bits per heavy atom. The molecule has 0 aromatic carbocycles. The molecule has 34 heavy (non-hydrogen) atoms. The van der Waals surface area contributed by atoms with Crippen molar-refractivity contribution in [1.29, 1.82) is 0 Å². The maximum absolute atomic E-state index is 12.3. The number of aromatic nitrogens is 5. The first-order valence-electron chi connectivity index (χ1n) is 11.9. The van der Waals surface area contributed by atoms with Crippen LogP contribution in [0.25, 0.3) is 0 Å². The standard InChI is InChI=1S/C24H34N8O2/c1-17-14-23(29-28-17)27-22-16-21(31-9-11-34-12-10-31)15-20(26-22)7-5-4-6-8-25-24(33)32-19(3)13-18(2)30-32/h13-16H,4-12H2,1-3H3,(H,25,33)(H2,26,27,28,29). The molecular weight excluding hydrogens is 432 g/mol. The highest BCUT2D eigenvalue weighted by Crippen LogP contribution is 2.24. The summed E-state index contributed by atoms with van der Waals surface area (Å²) in [5.41, 5.74) is 4.82. The number of nitrogens with zero attached hydrogens (tertiary/aromatic N) is 5. The number of hydrogen-bond acceptors (Lipinski definition) is 7. The average molecular weight is 467 g/mol. The van der Waals surface area contributed by atoms with Gasteiger partial charge < -0.3 is 20.3 Å². The van der Waals surface area contributed by atoms with Crippen LogP contribution in [0.2, 0.25) is 0 Å².